The second-order valence-corrected chi connectivity index (χ2v) is 3.50. The van der Waals surface area contributed by atoms with Gasteiger partial charge in [0.2, 0.25) is 5.88 Å². The quantitative estimate of drug-likeness (QED) is 0.784. The van der Waals surface area contributed by atoms with Crippen molar-refractivity contribution in [1.82, 2.24) is 9.97 Å². The summed E-state index contributed by atoms with van der Waals surface area (Å²) in [6, 6.07) is 8.25. The molecule has 0 amide bonds. The Kier molecular flexibility index (Phi) is 3.92. The van der Waals surface area contributed by atoms with Gasteiger partial charge in [-0.25, -0.2) is 9.78 Å². The van der Waals surface area contributed by atoms with E-state index in [2.05, 4.69) is 14.7 Å². The molecule has 0 radical (unpaired) electrons. The van der Waals surface area contributed by atoms with Crippen LogP contribution in [0, 0.1) is 0 Å². The molecule has 1 heterocycles. The van der Waals surface area contributed by atoms with E-state index in [1.165, 1.54) is 20.4 Å². The smallest absolute Gasteiger partial charge is 0.337 e. The van der Waals surface area contributed by atoms with Crippen molar-refractivity contribution in [2.24, 2.45) is 0 Å². The van der Waals surface area contributed by atoms with Crippen LogP contribution in [-0.4, -0.2) is 30.2 Å². The molecular formula is C13H12N2O4. The third-order valence-electron chi connectivity index (χ3n) is 2.30. The average Bonchev–Trinajstić information content (AvgIpc) is 2.47. The maximum Gasteiger partial charge on any atom is 0.337 e. The summed E-state index contributed by atoms with van der Waals surface area (Å²) in [5, 5.41) is 0. The predicted octanol–water partition coefficient (Wildman–Crippen LogP) is 2.06. The molecule has 0 atom stereocenters. The van der Waals surface area contributed by atoms with Gasteiger partial charge in [0.05, 0.1) is 19.8 Å². The highest BCUT2D eigenvalue weighted by Gasteiger charge is 2.06. The maximum absolute atomic E-state index is 11.3. The van der Waals surface area contributed by atoms with Crippen LogP contribution in [0.4, 0.5) is 0 Å². The minimum atomic E-state index is -0.399. The third kappa shape index (κ3) is 3.19. The van der Waals surface area contributed by atoms with Crippen LogP contribution < -0.4 is 9.47 Å². The molecular weight excluding hydrogens is 248 g/mol. The van der Waals surface area contributed by atoms with E-state index in [1.807, 2.05) is 0 Å². The SMILES string of the molecule is COC(=O)c1ccc(Oc2nccc(OC)n2)cc1. The minimum Gasteiger partial charge on any atom is -0.481 e. The molecule has 0 bridgehead atoms. The van der Waals surface area contributed by atoms with Crippen LogP contribution in [0.5, 0.6) is 17.6 Å². The number of esters is 1. The molecule has 0 aliphatic heterocycles. The Bertz CT molecular complexity index is 569. The van der Waals surface area contributed by atoms with Crippen LogP contribution >= 0.6 is 0 Å². The van der Waals surface area contributed by atoms with Gasteiger partial charge < -0.3 is 14.2 Å². The summed E-state index contributed by atoms with van der Waals surface area (Å²) >= 11 is 0. The predicted molar refractivity (Wildman–Crippen MR) is 66.4 cm³/mol. The molecule has 1 aromatic carbocycles. The van der Waals surface area contributed by atoms with Crippen LogP contribution in [0.1, 0.15) is 10.4 Å². The molecule has 0 unspecified atom stereocenters. The van der Waals surface area contributed by atoms with Crippen LogP contribution in [0.15, 0.2) is 36.5 Å². The van der Waals surface area contributed by atoms with E-state index >= 15 is 0 Å². The fourth-order valence-corrected chi connectivity index (χ4v) is 1.37. The van der Waals surface area contributed by atoms with E-state index in [4.69, 9.17) is 9.47 Å². The van der Waals surface area contributed by atoms with Crippen LogP contribution in [0.3, 0.4) is 0 Å². The van der Waals surface area contributed by atoms with Crippen molar-refractivity contribution < 1.29 is 19.0 Å². The van der Waals surface area contributed by atoms with Crippen LogP contribution in [-0.2, 0) is 4.74 Å². The number of rotatable bonds is 4. The van der Waals surface area contributed by atoms with E-state index in [-0.39, 0.29) is 6.01 Å². The largest absolute Gasteiger partial charge is 0.481 e. The van der Waals surface area contributed by atoms with Gasteiger partial charge >= 0.3 is 12.0 Å². The van der Waals surface area contributed by atoms with Gasteiger partial charge in [-0.1, -0.05) is 0 Å². The highest BCUT2D eigenvalue weighted by Crippen LogP contribution is 2.19. The summed E-state index contributed by atoms with van der Waals surface area (Å²) in [6.45, 7) is 0. The minimum absolute atomic E-state index is 0.171. The summed E-state index contributed by atoms with van der Waals surface area (Å²) in [5.41, 5.74) is 0.446. The lowest BCUT2D eigenvalue weighted by molar-refractivity contribution is 0.0600. The van der Waals surface area contributed by atoms with E-state index in [0.717, 1.165) is 0 Å². The summed E-state index contributed by atoms with van der Waals surface area (Å²) in [5.74, 6) is 0.529. The van der Waals surface area contributed by atoms with Crippen molar-refractivity contribution in [1.29, 1.82) is 0 Å². The number of methoxy groups -OCH3 is 2. The molecule has 6 nitrogen and oxygen atoms in total. The second-order valence-electron chi connectivity index (χ2n) is 3.50. The van der Waals surface area contributed by atoms with Crippen molar-refractivity contribution in [2.75, 3.05) is 14.2 Å². The first-order valence-corrected chi connectivity index (χ1v) is 5.46. The number of carbonyl (C=O) groups excluding carboxylic acids is 1. The number of ether oxygens (including phenoxy) is 3. The van der Waals surface area contributed by atoms with Crippen molar-refractivity contribution in [3.63, 3.8) is 0 Å². The molecule has 0 saturated carbocycles. The van der Waals surface area contributed by atoms with Gasteiger partial charge in [0, 0.05) is 12.3 Å². The molecule has 1 aromatic heterocycles. The first-order chi connectivity index (χ1) is 9.22. The topological polar surface area (TPSA) is 70.5 Å². The van der Waals surface area contributed by atoms with Crippen LogP contribution in [0.25, 0.3) is 0 Å². The lowest BCUT2D eigenvalue weighted by atomic mass is 10.2. The summed E-state index contributed by atoms with van der Waals surface area (Å²) in [6.07, 6.45) is 1.53. The number of nitrogens with zero attached hydrogens (tertiary/aromatic N) is 2. The molecule has 0 spiro atoms. The molecule has 2 aromatic rings. The van der Waals surface area contributed by atoms with Gasteiger partial charge in [-0.05, 0) is 24.3 Å². The van der Waals surface area contributed by atoms with E-state index in [0.29, 0.717) is 17.2 Å². The van der Waals surface area contributed by atoms with Crippen molar-refractivity contribution in [3.05, 3.63) is 42.1 Å². The highest BCUT2D eigenvalue weighted by atomic mass is 16.5. The van der Waals surface area contributed by atoms with Crippen LogP contribution in [0.2, 0.25) is 0 Å². The fourth-order valence-electron chi connectivity index (χ4n) is 1.37. The van der Waals surface area contributed by atoms with Crippen molar-refractivity contribution in [2.45, 2.75) is 0 Å². The zero-order valence-corrected chi connectivity index (χ0v) is 10.5. The highest BCUT2D eigenvalue weighted by molar-refractivity contribution is 5.89. The van der Waals surface area contributed by atoms with Gasteiger partial charge in [0.25, 0.3) is 0 Å². The molecule has 6 heteroatoms. The van der Waals surface area contributed by atoms with E-state index in [1.54, 1.807) is 30.3 Å². The van der Waals surface area contributed by atoms with Gasteiger partial charge in [-0.15, -0.1) is 0 Å². The molecule has 0 saturated heterocycles. The molecule has 0 fully saturated rings. The first-order valence-electron chi connectivity index (χ1n) is 5.46. The lowest BCUT2D eigenvalue weighted by Gasteiger charge is -2.05. The molecule has 0 aliphatic carbocycles. The monoisotopic (exact) mass is 260 g/mol. The van der Waals surface area contributed by atoms with Gasteiger partial charge in [-0.3, -0.25) is 0 Å². The lowest BCUT2D eigenvalue weighted by Crippen LogP contribution is -2.00. The molecule has 0 aliphatic rings. The second kappa shape index (κ2) is 5.81. The number of carbonyl (C=O) groups is 1. The zero-order valence-electron chi connectivity index (χ0n) is 10.5. The van der Waals surface area contributed by atoms with Gasteiger partial charge in [-0.2, -0.15) is 4.98 Å². The van der Waals surface area contributed by atoms with Crippen molar-refractivity contribution in [3.8, 4) is 17.6 Å². The summed E-state index contributed by atoms with van der Waals surface area (Å²) in [4.78, 5) is 19.2. The molecule has 98 valence electrons. The maximum atomic E-state index is 11.3. The van der Waals surface area contributed by atoms with E-state index in [9.17, 15) is 4.79 Å². The summed E-state index contributed by atoms with van der Waals surface area (Å²) < 4.78 is 15.0. The Hall–Kier alpha value is -2.63. The Morgan fingerprint density at radius 1 is 1.11 bits per heavy atom. The Morgan fingerprint density at radius 3 is 2.47 bits per heavy atom. The zero-order chi connectivity index (χ0) is 13.7. The number of hydrogen-bond donors (Lipinski definition) is 0. The fraction of sp³-hybridized carbons (Fsp3) is 0.154. The van der Waals surface area contributed by atoms with Gasteiger partial charge in [0.1, 0.15) is 5.75 Å². The Morgan fingerprint density at radius 2 is 1.84 bits per heavy atom. The van der Waals surface area contributed by atoms with Crippen molar-refractivity contribution >= 4 is 5.97 Å². The Balaban J connectivity index is 2.12. The van der Waals surface area contributed by atoms with Gasteiger partial charge in [0.15, 0.2) is 0 Å². The molecule has 2 rings (SSSR count). The normalized spacial score (nSPS) is 9.79. The number of benzene rings is 1. The average molecular weight is 260 g/mol. The number of hydrogen-bond acceptors (Lipinski definition) is 6. The third-order valence-corrected chi connectivity index (χ3v) is 2.30. The Labute approximate surface area is 110 Å². The van der Waals surface area contributed by atoms with E-state index < -0.39 is 5.97 Å². The number of aromatic nitrogens is 2. The standard InChI is InChI=1S/C13H12N2O4/c1-17-11-7-8-14-13(15-11)19-10-5-3-9(4-6-10)12(16)18-2/h3-8H,1-2H3. The first kappa shape index (κ1) is 12.8. The summed E-state index contributed by atoms with van der Waals surface area (Å²) in [7, 11) is 2.84. The molecule has 0 N–H and O–H groups in total. The molecule has 19 heavy (non-hydrogen) atoms.